The van der Waals surface area contributed by atoms with Gasteiger partial charge in [-0.15, -0.1) is 11.7 Å². The van der Waals surface area contributed by atoms with E-state index in [1.807, 2.05) is 24.3 Å². The van der Waals surface area contributed by atoms with E-state index in [-0.39, 0.29) is 0 Å². The Bertz CT molecular complexity index is 440. The molecule has 0 heterocycles. The molecule has 1 N–H and O–H groups in total. The lowest BCUT2D eigenvalue weighted by atomic mass is 10.1. The van der Waals surface area contributed by atoms with Gasteiger partial charge in [-0.2, -0.15) is 0 Å². The quantitative estimate of drug-likeness (QED) is 0.552. The summed E-state index contributed by atoms with van der Waals surface area (Å²) in [5.74, 6) is 0.304. The summed E-state index contributed by atoms with van der Waals surface area (Å²) in [7, 11) is 1.42. The second kappa shape index (κ2) is 3.52. The molecule has 0 fully saturated rings. The maximum atomic E-state index is 9.24. The van der Waals surface area contributed by atoms with E-state index < -0.39 is 0 Å². The van der Waals surface area contributed by atoms with Crippen molar-refractivity contribution >= 4 is 33.2 Å². The summed E-state index contributed by atoms with van der Waals surface area (Å²) in [5.41, 5.74) is 0. The van der Waals surface area contributed by atoms with Gasteiger partial charge in [0, 0.05) is 4.90 Å². The van der Waals surface area contributed by atoms with Gasteiger partial charge in [-0.25, -0.2) is 0 Å². The Balaban J connectivity index is 2.66. The van der Waals surface area contributed by atoms with Crippen LogP contribution in [0.15, 0.2) is 41.3 Å². The lowest BCUT2D eigenvalue weighted by Gasteiger charge is -2.00. The van der Waals surface area contributed by atoms with Gasteiger partial charge >= 0.3 is 0 Å². The molecule has 0 spiro atoms. The highest BCUT2D eigenvalue weighted by atomic mass is 33.1. The molecule has 0 aliphatic carbocycles. The highest BCUT2D eigenvalue weighted by Gasteiger charge is 1.96. The molecule has 0 atom stereocenters. The first kappa shape index (κ1) is 8.78. The van der Waals surface area contributed by atoms with Gasteiger partial charge in [0.1, 0.15) is 5.75 Å². The largest absolute Gasteiger partial charge is 0.508 e. The smallest absolute Gasteiger partial charge is 0.116 e. The van der Waals surface area contributed by atoms with Gasteiger partial charge < -0.3 is 5.11 Å². The van der Waals surface area contributed by atoms with Crippen LogP contribution < -0.4 is 0 Å². The molecule has 0 amide bonds. The highest BCUT2D eigenvalue weighted by Crippen LogP contribution is 2.27. The van der Waals surface area contributed by atoms with Gasteiger partial charge in [0.15, 0.2) is 0 Å². The molecule has 0 radical (unpaired) electrons. The molecule has 0 unspecified atom stereocenters. The van der Waals surface area contributed by atoms with Crippen LogP contribution in [0.25, 0.3) is 10.8 Å². The van der Waals surface area contributed by atoms with E-state index in [9.17, 15) is 5.11 Å². The summed E-state index contributed by atoms with van der Waals surface area (Å²) in [6, 6.07) is 11.4. The number of hydrogen-bond donors (Lipinski definition) is 2. The lowest BCUT2D eigenvalue weighted by molar-refractivity contribution is 0.476. The predicted octanol–water partition coefficient (Wildman–Crippen LogP) is 3.48. The summed E-state index contributed by atoms with van der Waals surface area (Å²) < 4.78 is 0. The monoisotopic (exact) mass is 208 g/mol. The molecule has 2 aromatic carbocycles. The van der Waals surface area contributed by atoms with Crippen molar-refractivity contribution in [3.63, 3.8) is 0 Å². The Hall–Kier alpha value is -0.800. The summed E-state index contributed by atoms with van der Waals surface area (Å²) in [6.45, 7) is 0. The van der Waals surface area contributed by atoms with Crippen LogP contribution in [-0.4, -0.2) is 5.11 Å². The van der Waals surface area contributed by atoms with Crippen molar-refractivity contribution in [1.82, 2.24) is 0 Å². The highest BCUT2D eigenvalue weighted by molar-refractivity contribution is 8.68. The van der Waals surface area contributed by atoms with Crippen molar-refractivity contribution in [1.29, 1.82) is 0 Å². The Morgan fingerprint density at radius 1 is 1.00 bits per heavy atom. The molecular weight excluding hydrogens is 200 g/mol. The van der Waals surface area contributed by atoms with Crippen molar-refractivity contribution in [2.75, 3.05) is 0 Å². The Labute approximate surface area is 85.6 Å². The zero-order valence-electron chi connectivity index (χ0n) is 6.77. The summed E-state index contributed by atoms with van der Waals surface area (Å²) in [5, 5.41) is 11.4. The van der Waals surface area contributed by atoms with E-state index in [1.54, 1.807) is 12.1 Å². The third-order valence-electron chi connectivity index (χ3n) is 1.90. The number of thiol groups is 1. The second-order valence-electron chi connectivity index (χ2n) is 2.78. The zero-order valence-corrected chi connectivity index (χ0v) is 8.48. The SMILES string of the molecule is Oc1ccc2cc(SS)ccc2c1. The number of aromatic hydroxyl groups is 1. The molecule has 1 nitrogen and oxygen atoms in total. The van der Waals surface area contributed by atoms with Crippen molar-refractivity contribution in [3.05, 3.63) is 36.4 Å². The molecule has 0 aromatic heterocycles. The van der Waals surface area contributed by atoms with E-state index in [2.05, 4.69) is 11.7 Å². The number of rotatable bonds is 1. The van der Waals surface area contributed by atoms with Gasteiger partial charge in [-0.1, -0.05) is 22.9 Å². The number of benzene rings is 2. The predicted molar refractivity (Wildman–Crippen MR) is 60.5 cm³/mol. The van der Waals surface area contributed by atoms with Gasteiger partial charge in [0.2, 0.25) is 0 Å². The van der Waals surface area contributed by atoms with Crippen LogP contribution in [-0.2, 0) is 0 Å². The Morgan fingerprint density at radius 3 is 2.46 bits per heavy atom. The Kier molecular flexibility index (Phi) is 2.38. The van der Waals surface area contributed by atoms with Crippen molar-refractivity contribution in [3.8, 4) is 5.75 Å². The minimum Gasteiger partial charge on any atom is -0.508 e. The van der Waals surface area contributed by atoms with Gasteiger partial charge in [0.05, 0.1) is 0 Å². The van der Waals surface area contributed by atoms with E-state index in [0.717, 1.165) is 15.7 Å². The third kappa shape index (κ3) is 1.76. The molecule has 0 bridgehead atoms. The summed E-state index contributed by atoms with van der Waals surface area (Å²) in [4.78, 5) is 1.11. The minimum atomic E-state index is 0.304. The molecule has 66 valence electrons. The lowest BCUT2D eigenvalue weighted by Crippen LogP contribution is -1.73. The van der Waals surface area contributed by atoms with Gasteiger partial charge in [-0.3, -0.25) is 0 Å². The van der Waals surface area contributed by atoms with Crippen LogP contribution in [0.5, 0.6) is 5.75 Å². The number of phenolic OH excluding ortho intramolecular Hbond substituents is 1. The standard InChI is InChI=1S/C10H8OS2/c11-9-3-1-8-6-10(13-12)4-2-7(8)5-9/h1-6,11-12H. The van der Waals surface area contributed by atoms with Crippen molar-refractivity contribution < 1.29 is 5.11 Å². The summed E-state index contributed by atoms with van der Waals surface area (Å²) >= 11 is 4.12. The minimum absolute atomic E-state index is 0.304. The van der Waals surface area contributed by atoms with Crippen molar-refractivity contribution in [2.45, 2.75) is 4.90 Å². The molecule has 0 aliphatic rings. The fourth-order valence-electron chi connectivity index (χ4n) is 1.27. The first-order chi connectivity index (χ1) is 6.29. The van der Waals surface area contributed by atoms with E-state index in [0.29, 0.717) is 5.75 Å². The summed E-state index contributed by atoms with van der Waals surface area (Å²) in [6.07, 6.45) is 0. The Morgan fingerprint density at radius 2 is 1.69 bits per heavy atom. The molecule has 0 saturated carbocycles. The van der Waals surface area contributed by atoms with Crippen LogP contribution in [0.4, 0.5) is 0 Å². The van der Waals surface area contributed by atoms with E-state index >= 15 is 0 Å². The molecule has 0 saturated heterocycles. The molecule has 0 aliphatic heterocycles. The third-order valence-corrected chi connectivity index (χ3v) is 3.00. The number of phenols is 1. The average molecular weight is 208 g/mol. The fraction of sp³-hybridized carbons (Fsp3) is 0. The van der Waals surface area contributed by atoms with Crippen LogP contribution in [0, 0.1) is 0 Å². The average Bonchev–Trinajstić information content (AvgIpc) is 2.17. The van der Waals surface area contributed by atoms with Crippen LogP contribution in [0.2, 0.25) is 0 Å². The first-order valence-electron chi connectivity index (χ1n) is 3.84. The van der Waals surface area contributed by atoms with Crippen LogP contribution in [0.1, 0.15) is 0 Å². The van der Waals surface area contributed by atoms with E-state index in [1.165, 1.54) is 10.8 Å². The first-order valence-corrected chi connectivity index (χ1v) is 5.71. The van der Waals surface area contributed by atoms with Gasteiger partial charge in [0.25, 0.3) is 0 Å². The number of hydrogen-bond acceptors (Lipinski definition) is 3. The molecule has 2 aromatic rings. The maximum Gasteiger partial charge on any atom is 0.116 e. The molecule has 3 heteroatoms. The van der Waals surface area contributed by atoms with E-state index in [4.69, 9.17) is 0 Å². The molecule has 13 heavy (non-hydrogen) atoms. The zero-order chi connectivity index (χ0) is 9.26. The second-order valence-corrected chi connectivity index (χ2v) is 3.99. The molecule has 2 rings (SSSR count). The number of fused-ring (bicyclic) bond motifs is 1. The van der Waals surface area contributed by atoms with Crippen molar-refractivity contribution in [2.24, 2.45) is 0 Å². The van der Waals surface area contributed by atoms with Crippen LogP contribution >= 0.6 is 22.5 Å². The fourth-order valence-corrected chi connectivity index (χ4v) is 1.92. The topological polar surface area (TPSA) is 20.2 Å². The van der Waals surface area contributed by atoms with Crippen LogP contribution in [0.3, 0.4) is 0 Å². The maximum absolute atomic E-state index is 9.24. The molecular formula is C10H8OS2. The van der Waals surface area contributed by atoms with Gasteiger partial charge in [-0.05, 0) is 35.0 Å². The normalized spacial score (nSPS) is 10.5.